The third kappa shape index (κ3) is 2.53. The Morgan fingerprint density at radius 2 is 2.15 bits per heavy atom. The molecule has 1 atom stereocenters. The minimum atomic E-state index is -0.681. The summed E-state index contributed by atoms with van der Waals surface area (Å²) >= 11 is 1.38. The minimum absolute atomic E-state index is 0.173. The largest absolute Gasteiger partial charge is 0.854 e. The van der Waals surface area contributed by atoms with Crippen molar-refractivity contribution in [2.75, 3.05) is 10.7 Å². The number of fused-ring (bicyclic) bond motifs is 3. The van der Waals surface area contributed by atoms with Crippen LogP contribution in [0.3, 0.4) is 0 Å². The summed E-state index contributed by atoms with van der Waals surface area (Å²) in [6.45, 7) is 3.45. The first-order valence-electron chi connectivity index (χ1n) is 8.18. The van der Waals surface area contributed by atoms with Crippen molar-refractivity contribution in [1.82, 2.24) is 10.1 Å². The maximum Gasteiger partial charge on any atom is 0.325 e. The van der Waals surface area contributed by atoms with Crippen LogP contribution in [-0.4, -0.2) is 21.7 Å². The third-order valence-corrected chi connectivity index (χ3v) is 4.85. The number of benzene rings is 1. The van der Waals surface area contributed by atoms with Crippen molar-refractivity contribution < 1.29 is 19.0 Å². The fourth-order valence-electron chi connectivity index (χ4n) is 3.16. The number of carbonyl (C=O) groups is 1. The van der Waals surface area contributed by atoms with E-state index in [0.29, 0.717) is 27.9 Å². The van der Waals surface area contributed by atoms with Gasteiger partial charge in [0, 0.05) is 12.0 Å². The second-order valence-electron chi connectivity index (χ2n) is 5.72. The van der Waals surface area contributed by atoms with Gasteiger partial charge in [0.15, 0.2) is 5.76 Å². The number of para-hydroxylation sites is 1. The zero-order valence-electron chi connectivity index (χ0n) is 14.2. The van der Waals surface area contributed by atoms with Gasteiger partial charge in [-0.25, -0.2) is 9.88 Å². The second kappa shape index (κ2) is 6.45. The first-order chi connectivity index (χ1) is 12.6. The molecule has 26 heavy (non-hydrogen) atoms. The SMILES string of the molecule is CCSc1nc([O-])c2[n+](n1)C(c1ccco1)N(C(C)=O)c1ccccc1-2. The Bertz CT molecular complexity index is 975. The normalized spacial score (nSPS) is 15.5. The summed E-state index contributed by atoms with van der Waals surface area (Å²) in [6.07, 6.45) is 0.856. The maximum atomic E-state index is 12.8. The van der Waals surface area contributed by atoms with Crippen LogP contribution in [0.25, 0.3) is 11.3 Å². The van der Waals surface area contributed by atoms with Crippen molar-refractivity contribution in [2.24, 2.45) is 0 Å². The molecule has 7 nitrogen and oxygen atoms in total. The smallest absolute Gasteiger partial charge is 0.325 e. The van der Waals surface area contributed by atoms with E-state index in [0.717, 1.165) is 5.75 Å². The Morgan fingerprint density at radius 3 is 2.85 bits per heavy atom. The summed E-state index contributed by atoms with van der Waals surface area (Å²) < 4.78 is 7.13. The van der Waals surface area contributed by atoms with E-state index in [9.17, 15) is 9.90 Å². The van der Waals surface area contributed by atoms with E-state index >= 15 is 0 Å². The first-order valence-corrected chi connectivity index (χ1v) is 9.16. The van der Waals surface area contributed by atoms with Crippen molar-refractivity contribution in [1.29, 1.82) is 0 Å². The van der Waals surface area contributed by atoms with E-state index in [1.54, 1.807) is 27.8 Å². The molecule has 0 fully saturated rings. The average molecular weight is 368 g/mol. The topological polar surface area (TPSA) is 86.2 Å². The van der Waals surface area contributed by atoms with Crippen molar-refractivity contribution in [3.8, 4) is 17.1 Å². The van der Waals surface area contributed by atoms with Crippen molar-refractivity contribution in [3.63, 3.8) is 0 Å². The van der Waals surface area contributed by atoms with Gasteiger partial charge in [-0.3, -0.25) is 4.79 Å². The molecule has 0 N–H and O–H groups in total. The van der Waals surface area contributed by atoms with E-state index in [-0.39, 0.29) is 11.8 Å². The van der Waals surface area contributed by atoms with E-state index in [4.69, 9.17) is 4.42 Å². The number of carbonyl (C=O) groups excluding carboxylic acids is 1. The summed E-state index contributed by atoms with van der Waals surface area (Å²) in [4.78, 5) is 18.2. The number of furan rings is 1. The molecule has 0 saturated heterocycles. The highest BCUT2D eigenvalue weighted by Crippen LogP contribution is 2.40. The van der Waals surface area contributed by atoms with Gasteiger partial charge in [0.25, 0.3) is 10.9 Å². The molecule has 8 heteroatoms. The molecule has 132 valence electrons. The van der Waals surface area contributed by atoms with Gasteiger partial charge in [-0.15, -0.1) is 0 Å². The molecule has 0 aliphatic carbocycles. The van der Waals surface area contributed by atoms with Crippen LogP contribution in [-0.2, 0) is 4.79 Å². The molecule has 4 rings (SSSR count). The number of hydrogen-bond acceptors (Lipinski definition) is 6. The molecule has 1 aliphatic rings. The summed E-state index contributed by atoms with van der Waals surface area (Å²) in [7, 11) is 0. The van der Waals surface area contributed by atoms with Crippen LogP contribution < -0.4 is 14.7 Å². The molecule has 0 spiro atoms. The maximum absolute atomic E-state index is 12.8. The highest BCUT2D eigenvalue weighted by Gasteiger charge is 2.45. The van der Waals surface area contributed by atoms with Crippen molar-refractivity contribution in [3.05, 3.63) is 48.4 Å². The Labute approximate surface area is 154 Å². The van der Waals surface area contributed by atoms with Crippen LogP contribution in [0.15, 0.2) is 52.2 Å². The van der Waals surface area contributed by atoms with Gasteiger partial charge in [0.2, 0.25) is 5.91 Å². The first kappa shape index (κ1) is 16.6. The van der Waals surface area contributed by atoms with Gasteiger partial charge in [-0.2, -0.15) is 0 Å². The molecule has 1 unspecified atom stereocenters. The lowest BCUT2D eigenvalue weighted by atomic mass is 10.0. The van der Waals surface area contributed by atoms with E-state index in [2.05, 4.69) is 10.1 Å². The van der Waals surface area contributed by atoms with Gasteiger partial charge >= 0.3 is 6.17 Å². The van der Waals surface area contributed by atoms with Crippen molar-refractivity contribution in [2.45, 2.75) is 25.2 Å². The Morgan fingerprint density at radius 1 is 1.35 bits per heavy atom. The predicted molar refractivity (Wildman–Crippen MR) is 93.5 cm³/mol. The average Bonchev–Trinajstić information content (AvgIpc) is 3.14. The summed E-state index contributed by atoms with van der Waals surface area (Å²) in [5.74, 6) is 0.708. The summed E-state index contributed by atoms with van der Waals surface area (Å²) in [5, 5.41) is 17.7. The number of aromatic nitrogens is 3. The predicted octanol–water partition coefficient (Wildman–Crippen LogP) is 2.12. The van der Waals surface area contributed by atoms with Crippen LogP contribution in [0.1, 0.15) is 25.8 Å². The van der Waals surface area contributed by atoms with Crippen LogP contribution in [0.2, 0.25) is 0 Å². The van der Waals surface area contributed by atoms with Gasteiger partial charge < -0.3 is 9.52 Å². The molecule has 1 aromatic carbocycles. The molecule has 2 aromatic heterocycles. The monoisotopic (exact) mass is 368 g/mol. The molecule has 3 heterocycles. The lowest BCUT2D eigenvalue weighted by Crippen LogP contribution is -2.58. The van der Waals surface area contributed by atoms with Crippen LogP contribution in [0.4, 0.5) is 5.69 Å². The lowest BCUT2D eigenvalue weighted by molar-refractivity contribution is -0.765. The minimum Gasteiger partial charge on any atom is -0.854 e. The Kier molecular flexibility index (Phi) is 4.12. The number of hydrogen-bond donors (Lipinski definition) is 0. The highest BCUT2D eigenvalue weighted by atomic mass is 32.2. The van der Waals surface area contributed by atoms with Crippen LogP contribution >= 0.6 is 11.8 Å². The fourth-order valence-corrected chi connectivity index (χ4v) is 3.71. The molecular weight excluding hydrogens is 352 g/mol. The number of thioether (sulfide) groups is 1. The van der Waals surface area contributed by atoms with Gasteiger partial charge in [-0.05, 0) is 34.7 Å². The fraction of sp³-hybridized carbons (Fsp3) is 0.222. The summed E-state index contributed by atoms with van der Waals surface area (Å²) in [5.41, 5.74) is 1.61. The molecule has 0 saturated carbocycles. The summed E-state index contributed by atoms with van der Waals surface area (Å²) in [6, 6.07) is 10.8. The standard InChI is InChI=1S/C18H16N4O3S/c1-3-26-18-19-16(24)15-12-7-4-5-8-13(12)21(11(2)23)17(22(15)20-18)14-9-6-10-25-14/h4-10,17H,3H2,1-2H3. The van der Waals surface area contributed by atoms with E-state index in [1.807, 2.05) is 25.1 Å². The number of nitrogens with zero attached hydrogens (tertiary/aromatic N) is 4. The quantitative estimate of drug-likeness (QED) is 0.520. The highest BCUT2D eigenvalue weighted by molar-refractivity contribution is 7.99. The van der Waals surface area contributed by atoms with Gasteiger partial charge in [0.05, 0.1) is 23.4 Å². The molecule has 1 amide bonds. The van der Waals surface area contributed by atoms with E-state index < -0.39 is 6.17 Å². The molecule has 0 radical (unpaired) electrons. The molecule has 1 aliphatic heterocycles. The number of anilines is 1. The third-order valence-electron chi connectivity index (χ3n) is 4.13. The molecule has 0 bridgehead atoms. The number of amides is 1. The zero-order chi connectivity index (χ0) is 18.3. The van der Waals surface area contributed by atoms with Gasteiger partial charge in [0.1, 0.15) is 0 Å². The van der Waals surface area contributed by atoms with E-state index in [1.165, 1.54) is 24.9 Å². The van der Waals surface area contributed by atoms with Gasteiger partial charge in [-0.1, -0.05) is 30.8 Å². The lowest BCUT2D eigenvalue weighted by Gasteiger charge is -2.31. The zero-order valence-corrected chi connectivity index (χ0v) is 15.1. The Hall–Kier alpha value is -2.87. The van der Waals surface area contributed by atoms with Crippen LogP contribution in [0, 0.1) is 0 Å². The second-order valence-corrected chi connectivity index (χ2v) is 6.95. The number of rotatable bonds is 3. The van der Waals surface area contributed by atoms with Crippen molar-refractivity contribution >= 4 is 23.4 Å². The molecule has 3 aromatic rings. The van der Waals surface area contributed by atoms with Crippen LogP contribution in [0.5, 0.6) is 5.88 Å². The molecular formula is C18H16N4O3S. The Balaban J connectivity index is 2.05.